The molecule has 0 aromatic heterocycles. The number of hydrogen-bond acceptors (Lipinski definition) is 2. The molecule has 0 amide bonds. The van der Waals surface area contributed by atoms with Gasteiger partial charge in [-0.05, 0) is 37.7 Å². The second-order valence-corrected chi connectivity index (χ2v) is 4.59. The van der Waals surface area contributed by atoms with Crippen LogP contribution < -0.4 is 5.32 Å². The molecule has 0 unspecified atom stereocenters. The number of rotatable bonds is 5. The van der Waals surface area contributed by atoms with Gasteiger partial charge in [-0.15, -0.1) is 0 Å². The predicted molar refractivity (Wildman–Crippen MR) is 67.5 cm³/mol. The summed E-state index contributed by atoms with van der Waals surface area (Å²) in [7, 11) is 3.60. The average molecular weight is 293 g/mol. The Hall–Kier alpha value is -0.0900. The van der Waals surface area contributed by atoms with Crippen molar-refractivity contribution in [3.05, 3.63) is 32.8 Å². The Balaban J connectivity index is 2.87. The van der Waals surface area contributed by atoms with E-state index >= 15 is 0 Å². The van der Waals surface area contributed by atoms with Gasteiger partial charge < -0.3 is 10.1 Å². The van der Waals surface area contributed by atoms with E-state index in [0.29, 0.717) is 6.61 Å². The largest absolute Gasteiger partial charge is 0.380 e. The zero-order chi connectivity index (χ0) is 11.3. The number of methoxy groups -OCH3 is 1. The number of hydrogen-bond donors (Lipinski definition) is 1. The molecule has 0 saturated carbocycles. The number of benzene rings is 1. The monoisotopic (exact) mass is 291 g/mol. The fraction of sp³-hybridized carbons (Fsp3) is 0.455. The van der Waals surface area contributed by atoms with Crippen molar-refractivity contribution in [1.82, 2.24) is 5.32 Å². The molecule has 0 spiro atoms. The molecule has 15 heavy (non-hydrogen) atoms. The molecule has 1 aromatic carbocycles. The van der Waals surface area contributed by atoms with E-state index in [1.54, 1.807) is 7.11 Å². The van der Waals surface area contributed by atoms with Crippen molar-refractivity contribution in [2.45, 2.75) is 13.0 Å². The Kier molecular flexibility index (Phi) is 5.61. The van der Waals surface area contributed by atoms with Gasteiger partial charge in [0.2, 0.25) is 0 Å². The van der Waals surface area contributed by atoms with E-state index in [4.69, 9.17) is 16.3 Å². The lowest BCUT2D eigenvalue weighted by Gasteiger charge is -2.09. The number of ether oxygens (including phenoxy) is 1. The first-order chi connectivity index (χ1) is 7.19. The molecule has 0 radical (unpaired) electrons. The summed E-state index contributed by atoms with van der Waals surface area (Å²) in [6.07, 6.45) is 0.974. The van der Waals surface area contributed by atoms with Crippen LogP contribution in [0.3, 0.4) is 0 Å². The minimum absolute atomic E-state index is 0.533. The summed E-state index contributed by atoms with van der Waals surface area (Å²) in [6.45, 7) is 1.48. The first kappa shape index (κ1) is 13.0. The van der Waals surface area contributed by atoms with Crippen LogP contribution in [0.15, 0.2) is 16.6 Å². The lowest BCUT2D eigenvalue weighted by Crippen LogP contribution is -2.10. The van der Waals surface area contributed by atoms with E-state index in [2.05, 4.69) is 27.3 Å². The van der Waals surface area contributed by atoms with Gasteiger partial charge in [-0.2, -0.15) is 0 Å². The van der Waals surface area contributed by atoms with Crippen LogP contribution in [0.5, 0.6) is 0 Å². The topological polar surface area (TPSA) is 21.3 Å². The molecule has 0 fully saturated rings. The van der Waals surface area contributed by atoms with Crippen molar-refractivity contribution < 1.29 is 4.74 Å². The standard InChI is InChI=1S/C11H15BrClNO/c1-14-4-3-8-5-10(12)9(7-15-2)11(13)6-8/h5-6,14H,3-4,7H2,1-2H3. The highest BCUT2D eigenvalue weighted by molar-refractivity contribution is 9.10. The van der Waals surface area contributed by atoms with Crippen LogP contribution in [-0.4, -0.2) is 20.7 Å². The lowest BCUT2D eigenvalue weighted by atomic mass is 10.1. The molecule has 1 rings (SSSR count). The highest BCUT2D eigenvalue weighted by atomic mass is 79.9. The van der Waals surface area contributed by atoms with Crippen LogP contribution >= 0.6 is 27.5 Å². The Morgan fingerprint density at radius 3 is 2.73 bits per heavy atom. The summed E-state index contributed by atoms with van der Waals surface area (Å²) in [5.41, 5.74) is 2.23. The zero-order valence-corrected chi connectivity index (χ0v) is 11.3. The Morgan fingerprint density at radius 2 is 2.20 bits per heavy atom. The van der Waals surface area contributed by atoms with Gasteiger partial charge in [0, 0.05) is 22.2 Å². The minimum Gasteiger partial charge on any atom is -0.380 e. The molecule has 0 atom stereocenters. The summed E-state index contributed by atoms with van der Waals surface area (Å²) in [5.74, 6) is 0. The van der Waals surface area contributed by atoms with Crippen LogP contribution in [0.25, 0.3) is 0 Å². The third-order valence-corrected chi connectivity index (χ3v) is 3.20. The number of likely N-dealkylation sites (N-methyl/N-ethyl adjacent to an activating group) is 1. The van der Waals surface area contributed by atoms with Gasteiger partial charge in [0.15, 0.2) is 0 Å². The summed E-state index contributed by atoms with van der Waals surface area (Å²) >= 11 is 9.67. The summed E-state index contributed by atoms with van der Waals surface area (Å²) < 4.78 is 6.10. The molecule has 1 aromatic rings. The zero-order valence-electron chi connectivity index (χ0n) is 8.94. The third-order valence-electron chi connectivity index (χ3n) is 2.15. The third kappa shape index (κ3) is 3.76. The molecule has 1 N–H and O–H groups in total. The van der Waals surface area contributed by atoms with Gasteiger partial charge >= 0.3 is 0 Å². The van der Waals surface area contributed by atoms with Crippen LogP contribution in [0, 0.1) is 0 Å². The molecule has 0 aliphatic rings. The highest BCUT2D eigenvalue weighted by Gasteiger charge is 2.07. The summed E-state index contributed by atoms with van der Waals surface area (Å²) in [6, 6.07) is 4.09. The predicted octanol–water partition coefficient (Wildman–Crippen LogP) is 3.01. The van der Waals surface area contributed by atoms with E-state index < -0.39 is 0 Å². The summed E-state index contributed by atoms with van der Waals surface area (Å²) in [4.78, 5) is 0. The Morgan fingerprint density at radius 1 is 1.47 bits per heavy atom. The van der Waals surface area contributed by atoms with Gasteiger partial charge in [0.05, 0.1) is 6.61 Å². The molecule has 0 saturated heterocycles. The normalized spacial score (nSPS) is 10.7. The maximum atomic E-state index is 6.16. The van der Waals surface area contributed by atoms with E-state index in [-0.39, 0.29) is 0 Å². The molecule has 0 aliphatic heterocycles. The Bertz CT molecular complexity index is 307. The van der Waals surface area contributed by atoms with E-state index in [9.17, 15) is 0 Å². The maximum Gasteiger partial charge on any atom is 0.0738 e. The molecule has 2 nitrogen and oxygen atoms in total. The quantitative estimate of drug-likeness (QED) is 0.901. The van der Waals surface area contributed by atoms with Crippen molar-refractivity contribution in [1.29, 1.82) is 0 Å². The number of nitrogens with one attached hydrogen (secondary N) is 1. The Labute approximate surface area is 104 Å². The van der Waals surface area contributed by atoms with Crippen molar-refractivity contribution >= 4 is 27.5 Å². The second kappa shape index (κ2) is 6.48. The molecule has 0 heterocycles. The molecule has 4 heteroatoms. The average Bonchev–Trinajstić information content (AvgIpc) is 2.20. The van der Waals surface area contributed by atoms with Gasteiger partial charge in [0.1, 0.15) is 0 Å². The molecule has 84 valence electrons. The van der Waals surface area contributed by atoms with Crippen LogP contribution in [0.1, 0.15) is 11.1 Å². The van der Waals surface area contributed by atoms with Gasteiger partial charge in [-0.3, -0.25) is 0 Å². The van der Waals surface area contributed by atoms with Crippen LogP contribution in [-0.2, 0) is 17.8 Å². The maximum absolute atomic E-state index is 6.16. The second-order valence-electron chi connectivity index (χ2n) is 3.32. The first-order valence-electron chi connectivity index (χ1n) is 4.79. The molecular weight excluding hydrogens is 277 g/mol. The van der Waals surface area contributed by atoms with E-state index in [1.165, 1.54) is 5.56 Å². The van der Waals surface area contributed by atoms with Gasteiger partial charge in [-0.25, -0.2) is 0 Å². The van der Waals surface area contributed by atoms with Gasteiger partial charge in [0.25, 0.3) is 0 Å². The minimum atomic E-state index is 0.533. The molecule has 0 bridgehead atoms. The molecular formula is C11H15BrClNO. The van der Waals surface area contributed by atoms with Crippen molar-refractivity contribution in [2.24, 2.45) is 0 Å². The fourth-order valence-electron chi connectivity index (χ4n) is 1.35. The first-order valence-corrected chi connectivity index (χ1v) is 5.96. The van der Waals surface area contributed by atoms with Crippen LogP contribution in [0.2, 0.25) is 5.02 Å². The van der Waals surface area contributed by atoms with E-state index in [1.807, 2.05) is 13.1 Å². The van der Waals surface area contributed by atoms with Gasteiger partial charge in [-0.1, -0.05) is 27.5 Å². The number of halogens is 2. The fourth-order valence-corrected chi connectivity index (χ4v) is 2.38. The van der Waals surface area contributed by atoms with E-state index in [0.717, 1.165) is 28.0 Å². The molecule has 0 aliphatic carbocycles. The smallest absolute Gasteiger partial charge is 0.0738 e. The van der Waals surface area contributed by atoms with Crippen molar-refractivity contribution in [2.75, 3.05) is 20.7 Å². The SMILES string of the molecule is CNCCc1cc(Cl)c(COC)c(Br)c1. The van der Waals surface area contributed by atoms with Crippen LogP contribution in [0.4, 0.5) is 0 Å². The van der Waals surface area contributed by atoms with Crippen molar-refractivity contribution in [3.8, 4) is 0 Å². The lowest BCUT2D eigenvalue weighted by molar-refractivity contribution is 0.184. The van der Waals surface area contributed by atoms with Crippen molar-refractivity contribution in [3.63, 3.8) is 0 Å². The highest BCUT2D eigenvalue weighted by Crippen LogP contribution is 2.27. The summed E-state index contributed by atoms with van der Waals surface area (Å²) in [5, 5.41) is 3.87.